The van der Waals surface area contributed by atoms with E-state index in [-0.39, 0.29) is 18.4 Å². The Labute approximate surface area is 182 Å². The molecule has 154 valence electrons. The van der Waals surface area contributed by atoms with Crippen molar-refractivity contribution in [2.75, 3.05) is 16.8 Å². The molecule has 0 fully saturated rings. The largest absolute Gasteiger partial charge is 0.461 e. The van der Waals surface area contributed by atoms with Crippen LogP contribution in [-0.2, 0) is 9.59 Å². The fraction of sp³-hybridized carbons (Fsp3) is 0.130. The van der Waals surface area contributed by atoms with Crippen molar-refractivity contribution in [1.29, 1.82) is 0 Å². The summed E-state index contributed by atoms with van der Waals surface area (Å²) in [5, 5.41) is 3.89. The number of nitrogens with zero attached hydrogens (tertiary/aromatic N) is 3. The van der Waals surface area contributed by atoms with Gasteiger partial charge in [-0.3, -0.25) is 14.5 Å². The van der Waals surface area contributed by atoms with E-state index in [0.29, 0.717) is 28.0 Å². The Kier molecular flexibility index (Phi) is 4.91. The van der Waals surface area contributed by atoms with Crippen LogP contribution in [0, 0.1) is 0 Å². The third-order valence-electron chi connectivity index (χ3n) is 4.98. The van der Waals surface area contributed by atoms with E-state index in [9.17, 15) is 9.59 Å². The lowest BCUT2D eigenvalue weighted by molar-refractivity contribution is -0.121. The summed E-state index contributed by atoms with van der Waals surface area (Å²) in [4.78, 5) is 36.3. The van der Waals surface area contributed by atoms with Gasteiger partial charge in [-0.05, 0) is 37.3 Å². The first-order valence-corrected chi connectivity index (χ1v) is 10.7. The molecule has 0 radical (unpaired) electrons. The minimum Gasteiger partial charge on any atom is -0.461 e. The number of rotatable bonds is 4. The number of hydrogen-bond acceptors (Lipinski definition) is 6. The minimum atomic E-state index is -0.471. The number of nitrogens with one attached hydrogen (secondary N) is 1. The zero-order chi connectivity index (χ0) is 21.4. The molecular weight excluding hydrogens is 412 g/mol. The van der Waals surface area contributed by atoms with Gasteiger partial charge in [0.25, 0.3) is 0 Å². The van der Waals surface area contributed by atoms with E-state index in [0.717, 1.165) is 10.9 Å². The lowest BCUT2D eigenvalue weighted by atomic mass is 10.2. The molecule has 0 spiro atoms. The van der Waals surface area contributed by atoms with Gasteiger partial charge in [0.1, 0.15) is 11.6 Å². The Bertz CT molecular complexity index is 1290. The lowest BCUT2D eigenvalue weighted by Crippen LogP contribution is -2.45. The molecule has 0 aliphatic carbocycles. The molecule has 1 aliphatic heterocycles. The molecule has 1 aliphatic rings. The molecule has 1 N–H and O–H groups in total. The van der Waals surface area contributed by atoms with Gasteiger partial charge in [-0.1, -0.05) is 42.1 Å². The van der Waals surface area contributed by atoms with E-state index >= 15 is 0 Å². The number of aromatic nitrogens is 2. The van der Waals surface area contributed by atoms with Crippen LogP contribution in [0.25, 0.3) is 22.5 Å². The second kappa shape index (κ2) is 7.88. The van der Waals surface area contributed by atoms with Crippen LogP contribution < -0.4 is 10.2 Å². The van der Waals surface area contributed by atoms with Crippen LogP contribution in [0.2, 0.25) is 0 Å². The number of fused-ring (bicyclic) bond motifs is 2. The van der Waals surface area contributed by atoms with Crippen LogP contribution in [0.5, 0.6) is 0 Å². The molecule has 4 aromatic rings. The third-order valence-corrected chi connectivity index (χ3v) is 6.07. The number of anilines is 2. The summed E-state index contributed by atoms with van der Waals surface area (Å²) in [6.45, 7) is 1.81. The minimum absolute atomic E-state index is 0.0110. The summed E-state index contributed by atoms with van der Waals surface area (Å²) in [7, 11) is 0. The van der Waals surface area contributed by atoms with Crippen LogP contribution in [0.4, 0.5) is 11.4 Å². The van der Waals surface area contributed by atoms with E-state index in [1.165, 1.54) is 16.7 Å². The summed E-state index contributed by atoms with van der Waals surface area (Å²) in [6.07, 6.45) is 1.58. The topological polar surface area (TPSA) is 88.3 Å². The van der Waals surface area contributed by atoms with Gasteiger partial charge in [0.15, 0.2) is 11.6 Å². The first-order valence-electron chi connectivity index (χ1n) is 9.78. The first kappa shape index (κ1) is 19.3. The normalized spacial score (nSPS) is 14.2. The highest BCUT2D eigenvalue weighted by Crippen LogP contribution is 2.34. The van der Waals surface area contributed by atoms with Crippen LogP contribution in [0.15, 0.2) is 76.4 Å². The van der Waals surface area contributed by atoms with E-state index < -0.39 is 5.25 Å². The molecule has 2 aromatic carbocycles. The number of carbonyl (C=O) groups is 2. The van der Waals surface area contributed by atoms with E-state index in [1.807, 2.05) is 49.4 Å². The van der Waals surface area contributed by atoms with Crippen molar-refractivity contribution in [3.05, 3.63) is 66.9 Å². The van der Waals surface area contributed by atoms with E-state index in [4.69, 9.17) is 4.42 Å². The Morgan fingerprint density at radius 2 is 1.90 bits per heavy atom. The monoisotopic (exact) mass is 430 g/mol. The number of furan rings is 1. The zero-order valence-electron chi connectivity index (χ0n) is 16.6. The van der Waals surface area contributed by atoms with Crippen molar-refractivity contribution < 1.29 is 14.0 Å². The predicted octanol–water partition coefficient (Wildman–Crippen LogP) is 4.36. The highest BCUT2D eigenvalue weighted by Gasteiger charge is 2.30. The van der Waals surface area contributed by atoms with Gasteiger partial charge in [0.05, 0.1) is 28.4 Å². The maximum absolute atomic E-state index is 13.3. The fourth-order valence-electron chi connectivity index (χ4n) is 3.52. The number of hydrogen-bond donors (Lipinski definition) is 1. The highest BCUT2D eigenvalue weighted by molar-refractivity contribution is 8.00. The Morgan fingerprint density at radius 3 is 2.74 bits per heavy atom. The van der Waals surface area contributed by atoms with Gasteiger partial charge in [-0.15, -0.1) is 0 Å². The molecule has 8 heteroatoms. The van der Waals surface area contributed by atoms with Crippen molar-refractivity contribution in [2.45, 2.75) is 17.2 Å². The van der Waals surface area contributed by atoms with Crippen LogP contribution >= 0.6 is 11.8 Å². The molecule has 31 heavy (non-hydrogen) atoms. The molecule has 0 bridgehead atoms. The molecule has 1 atom stereocenters. The van der Waals surface area contributed by atoms with Crippen LogP contribution in [0.1, 0.15) is 6.92 Å². The average molecular weight is 430 g/mol. The van der Waals surface area contributed by atoms with Crippen molar-refractivity contribution >= 4 is 45.9 Å². The summed E-state index contributed by atoms with van der Waals surface area (Å²) >= 11 is 1.35. The van der Waals surface area contributed by atoms with Gasteiger partial charge in [-0.2, -0.15) is 0 Å². The lowest BCUT2D eigenvalue weighted by Gasteiger charge is -2.30. The predicted molar refractivity (Wildman–Crippen MR) is 120 cm³/mol. The number of thioether (sulfide) groups is 1. The van der Waals surface area contributed by atoms with Crippen molar-refractivity contribution in [1.82, 2.24) is 9.97 Å². The standard InChI is InChI=1S/C23H18N4O3S/c1-14(23(29)27-13-20(28)24-17-9-4-5-10-18(17)27)31-22-15-7-2-3-8-16(15)25-21(26-22)19-11-6-12-30-19/h2-12,14H,13H2,1H3,(H,24,28). The second-order valence-corrected chi connectivity index (χ2v) is 8.43. The molecule has 5 rings (SSSR count). The molecule has 1 unspecified atom stereocenters. The quantitative estimate of drug-likeness (QED) is 0.382. The number of para-hydroxylation sites is 3. The maximum atomic E-state index is 13.3. The number of carbonyl (C=O) groups excluding carboxylic acids is 2. The van der Waals surface area contributed by atoms with E-state index in [1.54, 1.807) is 24.5 Å². The Hall–Kier alpha value is -3.65. The number of amides is 2. The van der Waals surface area contributed by atoms with Crippen LogP contribution in [-0.4, -0.2) is 33.6 Å². The van der Waals surface area contributed by atoms with Gasteiger partial charge in [0, 0.05) is 5.39 Å². The first-order chi connectivity index (χ1) is 15.1. The van der Waals surface area contributed by atoms with Crippen molar-refractivity contribution in [2.24, 2.45) is 0 Å². The molecule has 7 nitrogen and oxygen atoms in total. The summed E-state index contributed by atoms with van der Waals surface area (Å²) in [6, 6.07) is 18.6. The fourth-order valence-corrected chi connectivity index (χ4v) is 4.52. The molecule has 3 heterocycles. The number of benzene rings is 2. The van der Waals surface area contributed by atoms with E-state index in [2.05, 4.69) is 15.3 Å². The molecular formula is C23H18N4O3S. The van der Waals surface area contributed by atoms with Crippen LogP contribution in [0.3, 0.4) is 0 Å². The molecule has 0 saturated heterocycles. The summed E-state index contributed by atoms with van der Waals surface area (Å²) < 4.78 is 5.47. The average Bonchev–Trinajstić information content (AvgIpc) is 3.33. The second-order valence-electron chi connectivity index (χ2n) is 7.10. The van der Waals surface area contributed by atoms with Gasteiger partial charge < -0.3 is 9.73 Å². The van der Waals surface area contributed by atoms with Gasteiger partial charge >= 0.3 is 0 Å². The van der Waals surface area contributed by atoms with Gasteiger partial charge in [0.2, 0.25) is 11.8 Å². The molecule has 2 amide bonds. The highest BCUT2D eigenvalue weighted by atomic mass is 32.2. The Balaban J connectivity index is 1.49. The molecule has 2 aromatic heterocycles. The van der Waals surface area contributed by atoms with Crippen molar-refractivity contribution in [3.8, 4) is 11.6 Å². The van der Waals surface area contributed by atoms with Crippen molar-refractivity contribution in [3.63, 3.8) is 0 Å². The SMILES string of the molecule is CC(Sc1nc(-c2ccco2)nc2ccccc12)C(=O)N1CC(=O)Nc2ccccc21. The third kappa shape index (κ3) is 3.66. The van der Waals surface area contributed by atoms with Gasteiger partial charge in [-0.25, -0.2) is 9.97 Å². The summed E-state index contributed by atoms with van der Waals surface area (Å²) in [5.41, 5.74) is 2.11. The maximum Gasteiger partial charge on any atom is 0.244 e. The molecule has 0 saturated carbocycles. The Morgan fingerprint density at radius 1 is 1.10 bits per heavy atom. The smallest absolute Gasteiger partial charge is 0.244 e. The zero-order valence-corrected chi connectivity index (χ0v) is 17.4. The summed E-state index contributed by atoms with van der Waals surface area (Å²) in [5.74, 6) is 0.660.